The summed E-state index contributed by atoms with van der Waals surface area (Å²) in [6.45, 7) is 2.18. The largest absolute Gasteiger partial charge is 0.494 e. The number of halogens is 1. The summed E-state index contributed by atoms with van der Waals surface area (Å²) in [4.78, 5) is 34.1. The molecule has 0 unspecified atom stereocenters. The molecule has 2 aromatic carbocycles. The maximum atomic E-state index is 14.1. The molecule has 2 aliphatic rings. The fraction of sp³-hybridized carbons (Fsp3) is 0.233. The molecule has 0 saturated heterocycles. The van der Waals surface area contributed by atoms with E-state index in [9.17, 15) is 14.0 Å². The van der Waals surface area contributed by atoms with Gasteiger partial charge in [-0.25, -0.2) is 9.37 Å². The second-order valence-electron chi connectivity index (χ2n) is 10.2. The molecule has 2 aromatic heterocycles. The molecule has 2 atom stereocenters. The first-order chi connectivity index (χ1) is 17.9. The highest BCUT2D eigenvalue weighted by Gasteiger charge is 2.58. The first kappa shape index (κ1) is 23.2. The first-order valence-electron chi connectivity index (χ1n) is 12.3. The van der Waals surface area contributed by atoms with Crippen LogP contribution in [0.3, 0.4) is 0 Å². The van der Waals surface area contributed by atoms with Crippen molar-refractivity contribution in [3.63, 3.8) is 0 Å². The van der Waals surface area contributed by atoms with E-state index in [2.05, 4.69) is 34.3 Å². The molecule has 4 aromatic rings. The van der Waals surface area contributed by atoms with Crippen LogP contribution in [-0.4, -0.2) is 28.8 Å². The van der Waals surface area contributed by atoms with Crippen molar-refractivity contribution in [2.75, 3.05) is 12.4 Å². The quantitative estimate of drug-likeness (QED) is 0.352. The van der Waals surface area contributed by atoms with Crippen molar-refractivity contribution in [3.8, 4) is 17.0 Å². The summed E-state index contributed by atoms with van der Waals surface area (Å²) >= 11 is 0. The number of ether oxygens (including phenoxy) is 1. The summed E-state index contributed by atoms with van der Waals surface area (Å²) in [5.74, 6) is -0.380. The molecule has 6 rings (SSSR count). The minimum atomic E-state index is -0.615. The summed E-state index contributed by atoms with van der Waals surface area (Å²) in [5, 5.41) is 2.75. The van der Waals surface area contributed by atoms with E-state index in [1.165, 1.54) is 19.2 Å². The summed E-state index contributed by atoms with van der Waals surface area (Å²) in [5.41, 5.74) is 5.77. The molecular formula is C30H26FN3O3. The Kier molecular flexibility index (Phi) is 5.44. The molecule has 0 spiro atoms. The number of benzene rings is 2. The number of aromatic nitrogens is 2. The number of amides is 1. The number of H-pyrrole nitrogens is 1. The lowest BCUT2D eigenvalue weighted by Gasteiger charge is -2.17. The highest BCUT2D eigenvalue weighted by molar-refractivity contribution is 6.06. The number of carbonyl (C=O) groups is 2. The highest BCUT2D eigenvalue weighted by Crippen LogP contribution is 2.59. The number of nitrogens with zero attached hydrogens (tertiary/aromatic N) is 1. The van der Waals surface area contributed by atoms with Crippen molar-refractivity contribution in [3.05, 3.63) is 101 Å². The predicted molar refractivity (Wildman–Crippen MR) is 138 cm³/mol. The number of ketones is 1. The smallest absolute Gasteiger partial charge is 0.256 e. The van der Waals surface area contributed by atoms with Gasteiger partial charge in [0.15, 0.2) is 17.3 Å². The number of rotatable bonds is 6. The van der Waals surface area contributed by atoms with Crippen molar-refractivity contribution in [2.24, 2.45) is 11.3 Å². The lowest BCUT2D eigenvalue weighted by atomic mass is 9.84. The van der Waals surface area contributed by atoms with E-state index < -0.39 is 11.7 Å². The number of fused-ring (bicyclic) bond motifs is 2. The van der Waals surface area contributed by atoms with Gasteiger partial charge in [0.05, 0.1) is 12.8 Å². The normalized spacial score (nSPS) is 19.6. The first-order valence-corrected chi connectivity index (χ1v) is 12.3. The second-order valence-corrected chi connectivity index (χ2v) is 10.2. The van der Waals surface area contributed by atoms with Crippen LogP contribution in [0.4, 0.5) is 10.2 Å². The number of nitrogens with one attached hydrogen (secondary N) is 2. The Morgan fingerprint density at radius 3 is 2.76 bits per heavy atom. The van der Waals surface area contributed by atoms with Crippen LogP contribution in [0.5, 0.6) is 5.75 Å². The molecule has 1 fully saturated rings. The predicted octanol–water partition coefficient (Wildman–Crippen LogP) is 5.83. The van der Waals surface area contributed by atoms with Crippen molar-refractivity contribution in [2.45, 2.75) is 26.2 Å². The lowest BCUT2D eigenvalue weighted by molar-refractivity contribution is 0.0938. The lowest BCUT2D eigenvalue weighted by Crippen LogP contribution is -2.20. The Morgan fingerprint density at radius 1 is 1.19 bits per heavy atom. The number of carbonyl (C=O) groups excluding carboxylic acids is 2. The van der Waals surface area contributed by atoms with Crippen molar-refractivity contribution < 1.29 is 18.7 Å². The topological polar surface area (TPSA) is 84.1 Å². The number of aromatic amines is 1. The van der Waals surface area contributed by atoms with E-state index in [1.54, 1.807) is 12.3 Å². The van der Waals surface area contributed by atoms with Gasteiger partial charge in [-0.1, -0.05) is 37.3 Å². The average Bonchev–Trinajstić information content (AvgIpc) is 3.46. The molecule has 37 heavy (non-hydrogen) atoms. The van der Waals surface area contributed by atoms with Crippen LogP contribution >= 0.6 is 0 Å². The van der Waals surface area contributed by atoms with E-state index in [4.69, 9.17) is 4.74 Å². The zero-order chi connectivity index (χ0) is 25.7. The SMILES string of the molecule is COc1ccc(C(=O)Nc2cc(-c3[nH]c4c(c3Cc3ccccc3)C(=O)[C@H]3C[C@@]3(C)C4)ccn2)cc1F. The van der Waals surface area contributed by atoms with Crippen LogP contribution in [0.25, 0.3) is 11.3 Å². The van der Waals surface area contributed by atoms with Gasteiger partial charge >= 0.3 is 0 Å². The number of methoxy groups -OCH3 is 1. The van der Waals surface area contributed by atoms with Gasteiger partial charge in [0, 0.05) is 40.9 Å². The maximum absolute atomic E-state index is 14.1. The summed E-state index contributed by atoms with van der Waals surface area (Å²) in [6.07, 6.45) is 4.02. The minimum absolute atomic E-state index is 0.0429. The third-order valence-electron chi connectivity index (χ3n) is 7.60. The van der Waals surface area contributed by atoms with Crippen LogP contribution in [0.1, 0.15) is 50.9 Å². The Labute approximate surface area is 213 Å². The fourth-order valence-electron chi connectivity index (χ4n) is 5.49. The molecule has 1 amide bonds. The molecule has 1 saturated carbocycles. The van der Waals surface area contributed by atoms with Gasteiger partial charge in [-0.05, 0) is 59.7 Å². The molecule has 186 valence electrons. The van der Waals surface area contributed by atoms with Gasteiger partial charge < -0.3 is 15.0 Å². The van der Waals surface area contributed by atoms with Gasteiger partial charge in [-0.3, -0.25) is 9.59 Å². The fourth-order valence-corrected chi connectivity index (χ4v) is 5.49. The number of pyridine rings is 1. The van der Waals surface area contributed by atoms with Crippen LogP contribution in [0, 0.1) is 17.2 Å². The van der Waals surface area contributed by atoms with Gasteiger partial charge in [-0.2, -0.15) is 0 Å². The third-order valence-corrected chi connectivity index (χ3v) is 7.60. The third kappa shape index (κ3) is 4.10. The molecule has 0 bridgehead atoms. The van der Waals surface area contributed by atoms with Crippen LogP contribution < -0.4 is 10.1 Å². The van der Waals surface area contributed by atoms with Crippen LogP contribution in [0.15, 0.2) is 66.9 Å². The summed E-state index contributed by atoms with van der Waals surface area (Å²) in [6, 6.07) is 17.8. The summed E-state index contributed by atoms with van der Waals surface area (Å²) < 4.78 is 19.0. The Hall–Kier alpha value is -4.26. The highest BCUT2D eigenvalue weighted by atomic mass is 19.1. The molecule has 6 nitrogen and oxygen atoms in total. The zero-order valence-electron chi connectivity index (χ0n) is 20.6. The Morgan fingerprint density at radius 2 is 2.00 bits per heavy atom. The Bertz CT molecular complexity index is 1550. The maximum Gasteiger partial charge on any atom is 0.256 e. The number of hydrogen-bond acceptors (Lipinski definition) is 4. The summed E-state index contributed by atoms with van der Waals surface area (Å²) in [7, 11) is 1.37. The van der Waals surface area contributed by atoms with E-state index in [1.807, 2.05) is 24.3 Å². The molecule has 7 heteroatoms. The second kappa shape index (κ2) is 8.69. The zero-order valence-corrected chi connectivity index (χ0v) is 20.6. The average molecular weight is 496 g/mol. The number of hydrogen-bond donors (Lipinski definition) is 2. The van der Waals surface area contributed by atoms with Gasteiger partial charge in [0.2, 0.25) is 0 Å². The van der Waals surface area contributed by atoms with Crippen LogP contribution in [-0.2, 0) is 12.8 Å². The molecular weight excluding hydrogens is 469 g/mol. The van der Waals surface area contributed by atoms with Crippen molar-refractivity contribution in [1.29, 1.82) is 0 Å². The molecule has 2 aliphatic carbocycles. The van der Waals surface area contributed by atoms with Gasteiger partial charge in [0.25, 0.3) is 5.91 Å². The minimum Gasteiger partial charge on any atom is -0.494 e. The van der Waals surface area contributed by atoms with E-state index >= 15 is 0 Å². The molecule has 0 radical (unpaired) electrons. The van der Waals surface area contributed by atoms with E-state index in [-0.39, 0.29) is 28.4 Å². The van der Waals surface area contributed by atoms with E-state index in [0.717, 1.165) is 52.5 Å². The van der Waals surface area contributed by atoms with Gasteiger partial charge in [-0.15, -0.1) is 0 Å². The van der Waals surface area contributed by atoms with E-state index in [0.29, 0.717) is 12.2 Å². The number of Topliss-reactive ketones (excluding diaryl/α,β-unsaturated/α-hetero) is 1. The molecule has 2 heterocycles. The Balaban J connectivity index is 1.36. The molecule has 0 aliphatic heterocycles. The van der Waals surface area contributed by atoms with Crippen LogP contribution in [0.2, 0.25) is 0 Å². The monoisotopic (exact) mass is 495 g/mol. The molecule has 2 N–H and O–H groups in total. The van der Waals surface area contributed by atoms with Crippen molar-refractivity contribution >= 4 is 17.5 Å². The number of anilines is 1. The standard InChI is InChI=1S/C30H26FN3O3/c1-30-15-21(30)28(35)26-20(12-17-6-4-3-5-7-17)27(33-23(26)16-30)18-10-11-32-25(14-18)34-29(36)19-8-9-24(37-2)22(31)13-19/h3-11,13-14,21,33H,12,15-16H2,1-2H3,(H,32,34,36)/t21-,30+/m1/s1. The van der Waals surface area contributed by atoms with Gasteiger partial charge in [0.1, 0.15) is 5.82 Å². The van der Waals surface area contributed by atoms with Crippen molar-refractivity contribution in [1.82, 2.24) is 9.97 Å².